The number of fused-ring (bicyclic) bond motifs is 1. The van der Waals surface area contributed by atoms with Crippen molar-refractivity contribution in [1.82, 2.24) is 19.6 Å². The van der Waals surface area contributed by atoms with Crippen molar-refractivity contribution in [2.24, 2.45) is 0 Å². The van der Waals surface area contributed by atoms with Gasteiger partial charge in [0.05, 0.1) is 30.9 Å². The number of anilines is 2. The van der Waals surface area contributed by atoms with Crippen molar-refractivity contribution in [3.8, 4) is 0 Å². The Labute approximate surface area is 249 Å². The minimum atomic E-state index is -4.54. The number of para-hydroxylation sites is 1. The second-order valence-electron chi connectivity index (χ2n) is 11.9. The van der Waals surface area contributed by atoms with Gasteiger partial charge >= 0.3 is 12.2 Å². The maximum atomic E-state index is 14.7. The molecule has 11 heteroatoms. The van der Waals surface area contributed by atoms with Crippen LogP contribution in [0.25, 0.3) is 0 Å². The van der Waals surface area contributed by atoms with Gasteiger partial charge in [0, 0.05) is 36.9 Å². The van der Waals surface area contributed by atoms with Crippen LogP contribution in [0.1, 0.15) is 54.9 Å². The van der Waals surface area contributed by atoms with Crippen molar-refractivity contribution in [3.05, 3.63) is 76.7 Å². The van der Waals surface area contributed by atoms with Crippen LogP contribution in [0.5, 0.6) is 0 Å². The Morgan fingerprint density at radius 3 is 2.49 bits per heavy atom. The number of alkyl halides is 3. The zero-order chi connectivity index (χ0) is 30.3. The number of rotatable bonds is 7. The maximum absolute atomic E-state index is 14.7. The van der Waals surface area contributed by atoms with Crippen LogP contribution in [0.15, 0.2) is 48.7 Å². The van der Waals surface area contributed by atoms with Crippen LogP contribution >= 0.6 is 0 Å². The molecule has 3 aromatic rings. The zero-order valence-electron chi connectivity index (χ0n) is 24.7. The highest BCUT2D eigenvalue weighted by Gasteiger charge is 2.40. The monoisotopic (exact) mass is 598 g/mol. The number of likely N-dealkylation sites (tertiary alicyclic amines) is 1. The van der Waals surface area contributed by atoms with Crippen LogP contribution in [-0.2, 0) is 25.8 Å². The molecule has 0 aliphatic carbocycles. The molecule has 2 fully saturated rings. The third kappa shape index (κ3) is 5.83. The molecule has 2 amide bonds. The number of aryl methyl sites for hydroxylation is 1. The lowest BCUT2D eigenvalue weighted by Gasteiger charge is -2.43. The molecule has 3 aliphatic rings. The molecule has 6 rings (SSSR count). The number of nitrogens with zero attached hydrogens (tertiary/aromatic N) is 6. The lowest BCUT2D eigenvalue weighted by Crippen LogP contribution is -2.54. The molecular formula is C32H38F4N6O. The Morgan fingerprint density at radius 2 is 1.77 bits per heavy atom. The Hall–Kier alpha value is -3.60. The third-order valence-electron chi connectivity index (χ3n) is 9.25. The summed E-state index contributed by atoms with van der Waals surface area (Å²) >= 11 is 0. The maximum Gasteiger partial charge on any atom is 0.416 e. The summed E-state index contributed by atoms with van der Waals surface area (Å²) in [4.78, 5) is 21.7. The summed E-state index contributed by atoms with van der Waals surface area (Å²) in [6, 6.07) is 10.3. The quantitative estimate of drug-likeness (QED) is 0.294. The topological polar surface area (TPSA) is 47.9 Å². The summed E-state index contributed by atoms with van der Waals surface area (Å²) in [6.45, 7) is 7.96. The molecule has 0 saturated carbocycles. The molecule has 2 saturated heterocycles. The highest BCUT2D eigenvalue weighted by atomic mass is 19.4. The Morgan fingerprint density at radius 1 is 1.00 bits per heavy atom. The van der Waals surface area contributed by atoms with Crippen molar-refractivity contribution in [1.29, 1.82) is 0 Å². The van der Waals surface area contributed by atoms with Gasteiger partial charge in [-0.1, -0.05) is 37.3 Å². The molecule has 1 aromatic heterocycles. The number of urea groups is 1. The number of hydrogen-bond donors (Lipinski definition) is 0. The van der Waals surface area contributed by atoms with Crippen LogP contribution in [-0.4, -0.2) is 63.9 Å². The Balaban J connectivity index is 1.28. The molecular weight excluding hydrogens is 560 g/mol. The van der Waals surface area contributed by atoms with Crippen molar-refractivity contribution < 1.29 is 22.4 Å². The standard InChI is InChI=1S/C32H38F4N6O/c1-3-38-15-7-10-26(38)21-40-18-24-20-41(25-13-16-39(17-14-25)29-22(2)8-6-12-28(29)33)31(43)42(30(24)37-40)19-23-9-4-5-11-27(23)32(34,35)36/h4-6,8-9,11-12,18,25-26H,3,7,10,13-17,19-21H2,1-2H3. The number of hydrogen-bond acceptors (Lipinski definition) is 4. The number of carbonyl (C=O) groups excluding carboxylic acids is 1. The first kappa shape index (κ1) is 29.5. The second kappa shape index (κ2) is 11.8. The fraction of sp³-hybridized carbons (Fsp3) is 0.500. The van der Waals surface area contributed by atoms with Gasteiger partial charge in [0.2, 0.25) is 0 Å². The van der Waals surface area contributed by atoms with Gasteiger partial charge in [-0.3, -0.25) is 14.5 Å². The van der Waals surface area contributed by atoms with Crippen molar-refractivity contribution in [3.63, 3.8) is 0 Å². The van der Waals surface area contributed by atoms with Gasteiger partial charge in [-0.05, 0) is 69.0 Å². The molecule has 2 aromatic carbocycles. The number of amides is 2. The molecule has 0 radical (unpaired) electrons. The first-order chi connectivity index (χ1) is 20.6. The predicted octanol–water partition coefficient (Wildman–Crippen LogP) is 6.44. The minimum absolute atomic E-state index is 0.0310. The van der Waals surface area contributed by atoms with Crippen LogP contribution in [0.4, 0.5) is 33.9 Å². The van der Waals surface area contributed by atoms with Gasteiger partial charge in [0.25, 0.3) is 0 Å². The summed E-state index contributed by atoms with van der Waals surface area (Å²) in [5.41, 5.74) is 1.57. The molecule has 43 heavy (non-hydrogen) atoms. The molecule has 1 atom stereocenters. The molecule has 1 unspecified atom stereocenters. The highest BCUT2D eigenvalue weighted by Crippen LogP contribution is 2.37. The van der Waals surface area contributed by atoms with E-state index in [2.05, 4.69) is 11.8 Å². The molecule has 0 N–H and O–H groups in total. The van der Waals surface area contributed by atoms with Gasteiger partial charge in [0.15, 0.2) is 5.82 Å². The zero-order valence-corrected chi connectivity index (χ0v) is 24.7. The van der Waals surface area contributed by atoms with Crippen molar-refractivity contribution >= 4 is 17.5 Å². The predicted molar refractivity (Wildman–Crippen MR) is 157 cm³/mol. The minimum Gasteiger partial charge on any atom is -0.369 e. The average molecular weight is 599 g/mol. The van der Waals surface area contributed by atoms with Crippen LogP contribution in [0.2, 0.25) is 0 Å². The van der Waals surface area contributed by atoms with E-state index in [9.17, 15) is 22.4 Å². The van der Waals surface area contributed by atoms with Gasteiger partial charge in [-0.2, -0.15) is 18.3 Å². The smallest absolute Gasteiger partial charge is 0.369 e. The van der Waals surface area contributed by atoms with E-state index in [-0.39, 0.29) is 30.0 Å². The first-order valence-electron chi connectivity index (χ1n) is 15.2. The normalized spacial score (nSPS) is 20.3. The van der Waals surface area contributed by atoms with E-state index in [0.717, 1.165) is 43.1 Å². The van der Waals surface area contributed by atoms with Gasteiger partial charge in [-0.15, -0.1) is 0 Å². The highest BCUT2D eigenvalue weighted by molar-refractivity contribution is 5.94. The number of aromatic nitrogens is 2. The summed E-state index contributed by atoms with van der Waals surface area (Å²) in [6.07, 6.45) is 0.860. The van der Waals surface area contributed by atoms with E-state index in [4.69, 9.17) is 5.10 Å². The number of carbonyl (C=O) groups is 1. The van der Waals surface area contributed by atoms with E-state index < -0.39 is 11.7 Å². The van der Waals surface area contributed by atoms with Gasteiger partial charge in [-0.25, -0.2) is 9.18 Å². The number of likely N-dealkylation sites (N-methyl/N-ethyl adjacent to an activating group) is 1. The Kier molecular flexibility index (Phi) is 8.10. The largest absolute Gasteiger partial charge is 0.416 e. The lowest BCUT2D eigenvalue weighted by atomic mass is 10.00. The van der Waals surface area contributed by atoms with E-state index in [1.807, 2.05) is 28.8 Å². The van der Waals surface area contributed by atoms with Gasteiger partial charge < -0.3 is 9.80 Å². The number of piperidine rings is 1. The first-order valence-corrected chi connectivity index (χ1v) is 15.2. The SMILES string of the molecule is CCN1CCCC1Cn1cc2c(n1)N(Cc1ccccc1C(F)(F)F)C(=O)N(C1CCN(c3c(C)cccc3F)CC1)C2. The third-order valence-corrected chi connectivity index (χ3v) is 9.25. The van der Waals surface area contributed by atoms with Crippen LogP contribution in [0, 0.1) is 12.7 Å². The van der Waals surface area contributed by atoms with E-state index in [1.165, 1.54) is 23.1 Å². The van der Waals surface area contributed by atoms with Crippen molar-refractivity contribution in [2.45, 2.75) is 77.4 Å². The van der Waals surface area contributed by atoms with Crippen LogP contribution in [0.3, 0.4) is 0 Å². The van der Waals surface area contributed by atoms with Crippen LogP contribution < -0.4 is 9.80 Å². The molecule has 7 nitrogen and oxygen atoms in total. The summed E-state index contributed by atoms with van der Waals surface area (Å²) in [5, 5.41) is 4.79. The van der Waals surface area contributed by atoms with E-state index in [1.54, 1.807) is 17.0 Å². The molecule has 0 bridgehead atoms. The Bertz CT molecular complexity index is 1440. The second-order valence-corrected chi connectivity index (χ2v) is 11.9. The average Bonchev–Trinajstić information content (AvgIpc) is 3.61. The molecule has 0 spiro atoms. The lowest BCUT2D eigenvalue weighted by molar-refractivity contribution is -0.138. The number of benzene rings is 2. The number of halogens is 4. The fourth-order valence-corrected chi connectivity index (χ4v) is 7.07. The molecule has 4 heterocycles. The summed E-state index contributed by atoms with van der Waals surface area (Å²) in [5.74, 6) is 0.168. The van der Waals surface area contributed by atoms with E-state index >= 15 is 0 Å². The van der Waals surface area contributed by atoms with E-state index in [0.29, 0.717) is 56.6 Å². The fourth-order valence-electron chi connectivity index (χ4n) is 7.07. The molecule has 3 aliphatic heterocycles. The van der Waals surface area contributed by atoms with Gasteiger partial charge in [0.1, 0.15) is 5.82 Å². The summed E-state index contributed by atoms with van der Waals surface area (Å²) < 4.78 is 58.3. The van der Waals surface area contributed by atoms with Crippen molar-refractivity contribution in [2.75, 3.05) is 36.0 Å². The summed E-state index contributed by atoms with van der Waals surface area (Å²) in [7, 11) is 0. The molecule has 230 valence electrons.